The molecule has 0 aromatic heterocycles. The third-order valence-electron chi connectivity index (χ3n) is 6.33. The first-order chi connectivity index (χ1) is 14.7. The predicted molar refractivity (Wildman–Crippen MR) is 118 cm³/mol. The molecule has 3 aliphatic rings. The number of carbonyl (C=O) groups excluding carboxylic acids is 2. The number of hydrogen-bond acceptors (Lipinski definition) is 5. The molecular formula is C24H35N3O4. The highest BCUT2D eigenvalue weighted by Crippen LogP contribution is 2.43. The zero-order valence-electron chi connectivity index (χ0n) is 19.0. The molecule has 3 aliphatic heterocycles. The maximum absolute atomic E-state index is 12.6. The molecule has 7 nitrogen and oxygen atoms in total. The summed E-state index contributed by atoms with van der Waals surface area (Å²) in [6.07, 6.45) is 3.94. The molecule has 0 unspecified atom stereocenters. The second kappa shape index (κ2) is 8.69. The van der Waals surface area contributed by atoms with Gasteiger partial charge in [0.05, 0.1) is 6.54 Å². The van der Waals surface area contributed by atoms with Gasteiger partial charge in [0.25, 0.3) is 0 Å². The van der Waals surface area contributed by atoms with Crippen LogP contribution in [-0.2, 0) is 9.53 Å². The number of nitrogens with zero attached hydrogens (tertiary/aromatic N) is 2. The highest BCUT2D eigenvalue weighted by Gasteiger charge is 2.47. The van der Waals surface area contributed by atoms with E-state index in [4.69, 9.17) is 9.47 Å². The van der Waals surface area contributed by atoms with Crippen LogP contribution < -0.4 is 10.1 Å². The van der Waals surface area contributed by atoms with Crippen molar-refractivity contribution in [1.82, 2.24) is 15.1 Å². The minimum Gasteiger partial charge on any atom is -0.485 e. The molecule has 4 rings (SSSR count). The second-order valence-electron chi connectivity index (χ2n) is 10.0. The molecule has 0 saturated carbocycles. The lowest BCUT2D eigenvalue weighted by atomic mass is 9.86. The van der Waals surface area contributed by atoms with Crippen molar-refractivity contribution in [3.63, 3.8) is 0 Å². The Kier molecular flexibility index (Phi) is 6.15. The Morgan fingerprint density at radius 3 is 2.84 bits per heavy atom. The monoisotopic (exact) mass is 429 g/mol. The summed E-state index contributed by atoms with van der Waals surface area (Å²) < 4.78 is 12.1. The van der Waals surface area contributed by atoms with Gasteiger partial charge >= 0.3 is 6.09 Å². The lowest BCUT2D eigenvalue weighted by Crippen LogP contribution is -2.47. The third-order valence-corrected chi connectivity index (χ3v) is 6.33. The maximum Gasteiger partial charge on any atom is 0.410 e. The van der Waals surface area contributed by atoms with Crippen LogP contribution in [0.5, 0.6) is 5.75 Å². The molecule has 2 amide bonds. The van der Waals surface area contributed by atoms with E-state index in [1.807, 2.05) is 43.9 Å². The highest BCUT2D eigenvalue weighted by atomic mass is 16.6. The van der Waals surface area contributed by atoms with Crippen molar-refractivity contribution in [3.05, 3.63) is 29.8 Å². The van der Waals surface area contributed by atoms with Crippen LogP contribution in [0.4, 0.5) is 4.79 Å². The van der Waals surface area contributed by atoms with Crippen LogP contribution in [0.1, 0.15) is 64.5 Å². The normalized spacial score (nSPS) is 25.6. The van der Waals surface area contributed by atoms with Gasteiger partial charge in [-0.25, -0.2) is 4.79 Å². The van der Waals surface area contributed by atoms with Crippen molar-refractivity contribution in [2.24, 2.45) is 0 Å². The number of likely N-dealkylation sites (tertiary alicyclic amines) is 2. The SMILES string of the molecule is CC(C)(C)OC(=O)N1CC[C@@]2(C[C@H](NCCCN3CCCC3=O)c3ccccc3O2)C1. The summed E-state index contributed by atoms with van der Waals surface area (Å²) >= 11 is 0. The molecular weight excluding hydrogens is 394 g/mol. The van der Waals surface area contributed by atoms with Crippen molar-refractivity contribution < 1.29 is 19.1 Å². The van der Waals surface area contributed by atoms with Gasteiger partial charge < -0.3 is 24.6 Å². The number of fused-ring (bicyclic) bond motifs is 1. The molecule has 1 spiro atoms. The first-order valence-electron chi connectivity index (χ1n) is 11.5. The third kappa shape index (κ3) is 5.14. The van der Waals surface area contributed by atoms with Gasteiger partial charge in [0.2, 0.25) is 5.91 Å². The summed E-state index contributed by atoms with van der Waals surface area (Å²) in [5, 5.41) is 3.70. The average Bonchev–Trinajstić information content (AvgIpc) is 3.30. The Morgan fingerprint density at radius 1 is 1.29 bits per heavy atom. The Hall–Kier alpha value is -2.28. The van der Waals surface area contributed by atoms with Gasteiger partial charge in [-0.15, -0.1) is 0 Å². The summed E-state index contributed by atoms with van der Waals surface area (Å²) in [6, 6.07) is 8.33. The minimum absolute atomic E-state index is 0.165. The van der Waals surface area contributed by atoms with Gasteiger partial charge in [0.15, 0.2) is 0 Å². The molecule has 0 aliphatic carbocycles. The summed E-state index contributed by atoms with van der Waals surface area (Å²) in [5.41, 5.74) is 0.266. The van der Waals surface area contributed by atoms with Crippen molar-refractivity contribution in [1.29, 1.82) is 0 Å². The molecule has 31 heavy (non-hydrogen) atoms. The van der Waals surface area contributed by atoms with E-state index in [1.165, 1.54) is 5.56 Å². The minimum atomic E-state index is -0.506. The van der Waals surface area contributed by atoms with Gasteiger partial charge in [-0.05, 0) is 46.2 Å². The maximum atomic E-state index is 12.6. The molecule has 0 radical (unpaired) electrons. The topological polar surface area (TPSA) is 71.1 Å². The van der Waals surface area contributed by atoms with E-state index in [2.05, 4.69) is 11.4 Å². The molecule has 0 bridgehead atoms. The zero-order valence-corrected chi connectivity index (χ0v) is 19.0. The molecule has 2 saturated heterocycles. The van der Waals surface area contributed by atoms with Gasteiger partial charge in [0, 0.05) is 50.5 Å². The second-order valence-corrected chi connectivity index (χ2v) is 10.0. The number of hydrogen-bond donors (Lipinski definition) is 1. The summed E-state index contributed by atoms with van der Waals surface area (Å²) in [7, 11) is 0. The van der Waals surface area contributed by atoms with Gasteiger partial charge in [0.1, 0.15) is 17.0 Å². The molecule has 170 valence electrons. The molecule has 3 heterocycles. The largest absolute Gasteiger partial charge is 0.485 e. The fourth-order valence-corrected chi connectivity index (χ4v) is 4.86. The molecule has 1 aromatic rings. The number of nitrogens with one attached hydrogen (secondary N) is 1. The van der Waals surface area contributed by atoms with E-state index in [9.17, 15) is 9.59 Å². The van der Waals surface area contributed by atoms with E-state index in [-0.39, 0.29) is 18.0 Å². The Labute approximate surface area is 185 Å². The number of benzene rings is 1. The molecule has 1 N–H and O–H groups in total. The quantitative estimate of drug-likeness (QED) is 0.726. The molecule has 7 heteroatoms. The van der Waals surface area contributed by atoms with Crippen molar-refractivity contribution in [2.45, 2.75) is 70.1 Å². The molecule has 2 fully saturated rings. The van der Waals surface area contributed by atoms with Crippen molar-refractivity contribution in [3.8, 4) is 5.75 Å². The fraction of sp³-hybridized carbons (Fsp3) is 0.667. The lowest BCUT2D eigenvalue weighted by Gasteiger charge is -2.40. The van der Waals surface area contributed by atoms with Crippen LogP contribution in [-0.4, -0.2) is 65.7 Å². The first kappa shape index (κ1) is 21.9. The Balaban J connectivity index is 1.39. The summed E-state index contributed by atoms with van der Waals surface area (Å²) in [6.45, 7) is 9.39. The number of carbonyl (C=O) groups is 2. The van der Waals surface area contributed by atoms with Crippen molar-refractivity contribution >= 4 is 12.0 Å². The first-order valence-corrected chi connectivity index (χ1v) is 11.5. The Bertz CT molecular complexity index is 821. The van der Waals surface area contributed by atoms with Crippen LogP contribution in [0.3, 0.4) is 0 Å². The number of amides is 2. The molecule has 2 atom stereocenters. The van der Waals surface area contributed by atoms with Gasteiger partial charge in [-0.1, -0.05) is 18.2 Å². The van der Waals surface area contributed by atoms with E-state index < -0.39 is 11.2 Å². The number of para-hydroxylation sites is 1. The summed E-state index contributed by atoms with van der Waals surface area (Å²) in [5.74, 6) is 1.18. The highest BCUT2D eigenvalue weighted by molar-refractivity contribution is 5.78. The number of rotatable bonds is 5. The average molecular weight is 430 g/mol. The van der Waals surface area contributed by atoms with Gasteiger partial charge in [-0.2, -0.15) is 0 Å². The fourth-order valence-electron chi connectivity index (χ4n) is 4.86. The van der Waals surface area contributed by atoms with E-state index in [0.717, 1.165) is 51.1 Å². The number of ether oxygens (including phenoxy) is 2. The smallest absolute Gasteiger partial charge is 0.410 e. The lowest BCUT2D eigenvalue weighted by molar-refractivity contribution is -0.127. The van der Waals surface area contributed by atoms with E-state index in [0.29, 0.717) is 19.5 Å². The van der Waals surface area contributed by atoms with Crippen LogP contribution in [0, 0.1) is 0 Å². The van der Waals surface area contributed by atoms with Crippen LogP contribution >= 0.6 is 0 Å². The van der Waals surface area contributed by atoms with Crippen LogP contribution in [0.2, 0.25) is 0 Å². The molecule has 1 aromatic carbocycles. The summed E-state index contributed by atoms with van der Waals surface area (Å²) in [4.78, 5) is 28.1. The van der Waals surface area contributed by atoms with E-state index in [1.54, 1.807) is 4.90 Å². The van der Waals surface area contributed by atoms with Crippen LogP contribution in [0.15, 0.2) is 24.3 Å². The van der Waals surface area contributed by atoms with Crippen molar-refractivity contribution in [2.75, 3.05) is 32.7 Å². The van der Waals surface area contributed by atoms with E-state index >= 15 is 0 Å². The van der Waals surface area contributed by atoms with Gasteiger partial charge in [-0.3, -0.25) is 4.79 Å². The Morgan fingerprint density at radius 2 is 2.10 bits per heavy atom. The standard InChI is InChI=1S/C24H35N3O4/c1-23(2,3)31-22(29)27-15-11-24(17-27)16-19(18-8-4-5-9-20(18)30-24)25-12-7-14-26-13-6-10-21(26)28/h4-5,8-9,19,25H,6-7,10-17H2,1-3H3/t19-,24+/m0/s1. The zero-order chi connectivity index (χ0) is 22.1. The predicted octanol–water partition coefficient (Wildman–Crippen LogP) is 3.49. The van der Waals surface area contributed by atoms with Crippen LogP contribution in [0.25, 0.3) is 0 Å².